The summed E-state index contributed by atoms with van der Waals surface area (Å²) < 4.78 is 5.28. The van der Waals surface area contributed by atoms with Crippen molar-refractivity contribution in [2.24, 2.45) is 0 Å². The second-order valence-electron chi connectivity index (χ2n) is 5.94. The Morgan fingerprint density at radius 1 is 1.32 bits per heavy atom. The summed E-state index contributed by atoms with van der Waals surface area (Å²) >= 11 is 11.8. The second kappa shape index (κ2) is 9.94. The van der Waals surface area contributed by atoms with E-state index in [1.807, 2.05) is 0 Å². The Morgan fingerprint density at radius 2 is 2.04 bits per heavy atom. The minimum atomic E-state index is -1.26. The second-order valence-corrected chi connectivity index (χ2v) is 6.78. The van der Waals surface area contributed by atoms with Crippen LogP contribution in [-0.4, -0.2) is 57.3 Å². The van der Waals surface area contributed by atoms with E-state index in [4.69, 9.17) is 27.9 Å². The van der Waals surface area contributed by atoms with Gasteiger partial charge >= 0.3 is 0 Å². The van der Waals surface area contributed by atoms with Crippen molar-refractivity contribution in [3.05, 3.63) is 28.2 Å². The monoisotopic (exact) mass is 390 g/mol. The zero-order valence-electron chi connectivity index (χ0n) is 13.7. The highest BCUT2D eigenvalue weighted by Gasteiger charge is 2.21. The Hall–Kier alpha value is -1.38. The molecule has 1 amide bonds. The van der Waals surface area contributed by atoms with Crippen LogP contribution in [0, 0.1) is 0 Å². The number of carbonyl (C=O) groups excluding carboxylic acids is 2. The average Bonchev–Trinajstić information content (AvgIpc) is 2.57. The predicted octanol–water partition coefficient (Wildman–Crippen LogP) is -2.08. The van der Waals surface area contributed by atoms with Gasteiger partial charge in [-0.3, -0.25) is 4.79 Å². The molecule has 1 aliphatic rings. The van der Waals surface area contributed by atoms with E-state index >= 15 is 0 Å². The number of anilines is 1. The molecule has 0 bridgehead atoms. The zero-order chi connectivity index (χ0) is 18.2. The van der Waals surface area contributed by atoms with E-state index < -0.39 is 17.9 Å². The quantitative estimate of drug-likeness (QED) is 0.474. The number of nitrogens with one attached hydrogen (secondary N) is 2. The SMILES string of the molecule is O=C(C[C@H]([NH2+]CC[NH+]1CCOCC1)C(=O)[O-])Nc1ccc(Cl)cc1Cl. The van der Waals surface area contributed by atoms with Gasteiger partial charge in [0.05, 0.1) is 36.3 Å². The number of quaternary nitrogens is 2. The van der Waals surface area contributed by atoms with E-state index in [-0.39, 0.29) is 6.42 Å². The fourth-order valence-corrected chi connectivity index (χ4v) is 3.11. The molecule has 138 valence electrons. The molecule has 1 atom stereocenters. The molecule has 0 saturated carbocycles. The lowest BCUT2D eigenvalue weighted by atomic mass is 10.2. The van der Waals surface area contributed by atoms with Crippen LogP contribution >= 0.6 is 23.2 Å². The van der Waals surface area contributed by atoms with E-state index in [0.29, 0.717) is 22.3 Å². The van der Waals surface area contributed by atoms with Gasteiger partial charge in [0, 0.05) is 5.02 Å². The summed E-state index contributed by atoms with van der Waals surface area (Å²) in [5.41, 5.74) is 0.394. The Balaban J connectivity index is 1.81. The molecule has 2 rings (SSSR count). The van der Waals surface area contributed by atoms with Crippen molar-refractivity contribution in [1.29, 1.82) is 0 Å². The zero-order valence-corrected chi connectivity index (χ0v) is 15.2. The lowest BCUT2D eigenvalue weighted by Gasteiger charge is -2.24. The molecule has 1 aliphatic heterocycles. The highest BCUT2D eigenvalue weighted by Crippen LogP contribution is 2.25. The van der Waals surface area contributed by atoms with Gasteiger partial charge in [-0.05, 0) is 18.2 Å². The third-order valence-electron chi connectivity index (χ3n) is 4.06. The van der Waals surface area contributed by atoms with Gasteiger partial charge < -0.3 is 30.2 Å². The molecule has 0 unspecified atom stereocenters. The van der Waals surface area contributed by atoms with E-state index in [1.165, 1.54) is 11.0 Å². The van der Waals surface area contributed by atoms with Gasteiger partial charge in [-0.2, -0.15) is 0 Å². The van der Waals surface area contributed by atoms with Crippen molar-refractivity contribution in [1.82, 2.24) is 0 Å². The maximum absolute atomic E-state index is 12.1. The Labute approximate surface area is 156 Å². The van der Waals surface area contributed by atoms with Crippen molar-refractivity contribution in [2.75, 3.05) is 44.7 Å². The largest absolute Gasteiger partial charge is 0.544 e. The number of morpholine rings is 1. The van der Waals surface area contributed by atoms with Crippen LogP contribution in [0.15, 0.2) is 18.2 Å². The molecule has 1 fully saturated rings. The number of ether oxygens (including phenoxy) is 1. The third-order valence-corrected chi connectivity index (χ3v) is 4.61. The van der Waals surface area contributed by atoms with Crippen LogP contribution in [0.3, 0.4) is 0 Å². The van der Waals surface area contributed by atoms with Gasteiger partial charge in [0.2, 0.25) is 5.91 Å². The van der Waals surface area contributed by atoms with Gasteiger partial charge in [-0.15, -0.1) is 0 Å². The normalized spacial score (nSPS) is 16.4. The van der Waals surface area contributed by atoms with Crippen LogP contribution < -0.4 is 20.6 Å². The van der Waals surface area contributed by atoms with Crippen LogP contribution in [0.25, 0.3) is 0 Å². The first-order chi connectivity index (χ1) is 12.0. The van der Waals surface area contributed by atoms with Crippen molar-refractivity contribution < 1.29 is 29.6 Å². The first-order valence-electron chi connectivity index (χ1n) is 8.16. The molecule has 9 heteroatoms. The number of amides is 1. The summed E-state index contributed by atoms with van der Waals surface area (Å²) in [6, 6.07) is 3.73. The number of nitrogens with two attached hydrogens (primary N) is 1. The lowest BCUT2D eigenvalue weighted by Crippen LogP contribution is -3.17. The number of hydrogen-bond acceptors (Lipinski definition) is 4. The molecule has 7 nitrogen and oxygen atoms in total. The van der Waals surface area contributed by atoms with E-state index in [0.717, 1.165) is 32.8 Å². The number of rotatable bonds is 8. The molecule has 0 spiro atoms. The summed E-state index contributed by atoms with van der Waals surface area (Å²) in [6.45, 7) is 4.70. The summed E-state index contributed by atoms with van der Waals surface area (Å²) in [5.74, 6) is -1.69. The predicted molar refractivity (Wildman–Crippen MR) is 91.7 cm³/mol. The van der Waals surface area contributed by atoms with Crippen LogP contribution in [0.5, 0.6) is 0 Å². The van der Waals surface area contributed by atoms with Gasteiger partial charge in [-0.1, -0.05) is 23.2 Å². The highest BCUT2D eigenvalue weighted by atomic mass is 35.5. The van der Waals surface area contributed by atoms with E-state index in [1.54, 1.807) is 17.4 Å². The number of halogens is 2. The molecular formula is C16H22Cl2N3O4+. The van der Waals surface area contributed by atoms with Gasteiger partial charge in [0.15, 0.2) is 0 Å². The number of carbonyl (C=O) groups is 2. The number of benzene rings is 1. The fraction of sp³-hybridized carbons (Fsp3) is 0.500. The number of hydrogen-bond donors (Lipinski definition) is 3. The maximum atomic E-state index is 12.1. The van der Waals surface area contributed by atoms with Crippen molar-refractivity contribution >= 4 is 40.8 Å². The maximum Gasteiger partial charge on any atom is 0.230 e. The van der Waals surface area contributed by atoms with Crippen LogP contribution in [0.1, 0.15) is 6.42 Å². The van der Waals surface area contributed by atoms with Gasteiger partial charge in [0.25, 0.3) is 0 Å². The summed E-state index contributed by atoms with van der Waals surface area (Å²) in [7, 11) is 0. The number of carboxylic acids is 1. The van der Waals surface area contributed by atoms with Crippen molar-refractivity contribution in [2.45, 2.75) is 12.5 Å². The minimum absolute atomic E-state index is 0.195. The van der Waals surface area contributed by atoms with E-state index in [2.05, 4.69) is 5.32 Å². The first-order valence-corrected chi connectivity index (χ1v) is 8.91. The molecule has 1 saturated heterocycles. The Bertz CT molecular complexity index is 609. The van der Waals surface area contributed by atoms with Gasteiger partial charge in [0.1, 0.15) is 32.2 Å². The molecule has 25 heavy (non-hydrogen) atoms. The molecule has 4 N–H and O–H groups in total. The molecular weight excluding hydrogens is 369 g/mol. The van der Waals surface area contributed by atoms with Crippen molar-refractivity contribution in [3.63, 3.8) is 0 Å². The number of carboxylic acid groups (broad SMARTS) is 1. The molecule has 0 aromatic heterocycles. The Morgan fingerprint density at radius 3 is 2.68 bits per heavy atom. The highest BCUT2D eigenvalue weighted by molar-refractivity contribution is 6.36. The van der Waals surface area contributed by atoms with E-state index in [9.17, 15) is 14.7 Å². The topological polar surface area (TPSA) is 99.5 Å². The van der Waals surface area contributed by atoms with Gasteiger partial charge in [-0.25, -0.2) is 0 Å². The smallest absolute Gasteiger partial charge is 0.230 e. The fourth-order valence-electron chi connectivity index (χ4n) is 2.65. The average molecular weight is 391 g/mol. The molecule has 1 aromatic carbocycles. The van der Waals surface area contributed by atoms with Crippen LogP contribution in [0.4, 0.5) is 5.69 Å². The summed E-state index contributed by atoms with van der Waals surface area (Å²) in [6.07, 6.45) is -0.195. The minimum Gasteiger partial charge on any atom is -0.544 e. The van der Waals surface area contributed by atoms with Crippen LogP contribution in [-0.2, 0) is 14.3 Å². The lowest BCUT2D eigenvalue weighted by molar-refractivity contribution is -0.920. The third kappa shape index (κ3) is 6.80. The first kappa shape index (κ1) is 19.9. The number of aliphatic carboxylic acids is 1. The molecule has 0 radical (unpaired) electrons. The standard InChI is InChI=1S/C16H21Cl2N3O4/c17-11-1-2-13(12(18)9-11)20-15(22)10-14(16(23)24)19-3-4-21-5-7-25-8-6-21/h1-2,9,14,19H,3-8,10H2,(H,20,22)(H,23,24)/p+1/t14-/m0/s1. The summed E-state index contributed by atoms with van der Waals surface area (Å²) in [5, 5.41) is 16.3. The molecule has 1 aromatic rings. The van der Waals surface area contributed by atoms with Crippen molar-refractivity contribution in [3.8, 4) is 0 Å². The Kier molecular flexibility index (Phi) is 7.92. The molecule has 0 aliphatic carbocycles. The molecule has 1 heterocycles. The summed E-state index contributed by atoms with van der Waals surface area (Å²) in [4.78, 5) is 24.8. The van der Waals surface area contributed by atoms with Crippen LogP contribution in [0.2, 0.25) is 10.0 Å².